The van der Waals surface area contributed by atoms with Gasteiger partial charge in [-0.15, -0.1) is 0 Å². The predicted octanol–water partition coefficient (Wildman–Crippen LogP) is 3.55. The molecule has 2 rings (SSSR count). The Morgan fingerprint density at radius 3 is 2.71 bits per heavy atom. The Kier molecular flexibility index (Phi) is 5.13. The van der Waals surface area contributed by atoms with Gasteiger partial charge in [0.05, 0.1) is 5.02 Å². The van der Waals surface area contributed by atoms with Crippen LogP contribution in [0.3, 0.4) is 0 Å². The van der Waals surface area contributed by atoms with E-state index in [0.29, 0.717) is 16.8 Å². The van der Waals surface area contributed by atoms with Crippen LogP contribution in [0.25, 0.3) is 0 Å². The van der Waals surface area contributed by atoms with Crippen LogP contribution in [0.15, 0.2) is 26.0 Å². The van der Waals surface area contributed by atoms with Gasteiger partial charge in [-0.3, -0.25) is 0 Å². The van der Waals surface area contributed by atoms with E-state index in [1.807, 2.05) is 6.92 Å². The van der Waals surface area contributed by atoms with E-state index < -0.39 is 9.05 Å². The van der Waals surface area contributed by atoms with Gasteiger partial charge < -0.3 is 9.26 Å². The van der Waals surface area contributed by atoms with Gasteiger partial charge in [0.1, 0.15) is 4.90 Å². The quantitative estimate of drug-likeness (QED) is 0.694. The summed E-state index contributed by atoms with van der Waals surface area (Å²) >= 11 is 9.14. The van der Waals surface area contributed by atoms with Crippen LogP contribution in [0.4, 0.5) is 0 Å². The molecule has 0 radical (unpaired) electrons. The molecule has 0 aliphatic heterocycles. The van der Waals surface area contributed by atoms with Crippen LogP contribution in [0.2, 0.25) is 5.02 Å². The van der Waals surface area contributed by atoms with Crippen LogP contribution in [0.5, 0.6) is 5.75 Å². The van der Waals surface area contributed by atoms with Crippen molar-refractivity contribution >= 4 is 47.3 Å². The fraction of sp³-hybridized carbons (Fsp3) is 0.273. The molecule has 1 aromatic heterocycles. The summed E-state index contributed by atoms with van der Waals surface area (Å²) in [5.41, 5.74) is 0. The highest BCUT2D eigenvalue weighted by Crippen LogP contribution is 2.37. The van der Waals surface area contributed by atoms with Gasteiger partial charge in [0.2, 0.25) is 11.7 Å². The van der Waals surface area contributed by atoms with Crippen molar-refractivity contribution < 1.29 is 17.7 Å². The number of rotatable bonds is 5. The summed E-state index contributed by atoms with van der Waals surface area (Å²) in [6.07, 6.45) is 0.591. The molecule has 0 amide bonds. The average Bonchev–Trinajstić information content (AvgIpc) is 2.83. The standard InChI is InChI=1S/C11H9BrCl2N2O4S/c1-2-10-15-9(16-20-10)5-19-11-7(13)3-6(12)4-8(11)21(14,17)18/h3-4H,2,5H2,1H3. The van der Waals surface area contributed by atoms with Gasteiger partial charge in [0.15, 0.2) is 12.4 Å². The zero-order valence-corrected chi connectivity index (χ0v) is 14.6. The van der Waals surface area contributed by atoms with Gasteiger partial charge >= 0.3 is 0 Å². The molecule has 0 atom stereocenters. The van der Waals surface area contributed by atoms with E-state index in [4.69, 9.17) is 31.5 Å². The number of halogens is 3. The molecule has 21 heavy (non-hydrogen) atoms. The SMILES string of the molecule is CCc1nc(COc2c(Cl)cc(Br)cc2S(=O)(=O)Cl)no1. The Morgan fingerprint density at radius 2 is 2.14 bits per heavy atom. The Balaban J connectivity index is 2.31. The smallest absolute Gasteiger partial charge is 0.265 e. The van der Waals surface area contributed by atoms with Crippen molar-refractivity contribution in [3.8, 4) is 5.75 Å². The van der Waals surface area contributed by atoms with Crippen LogP contribution in [0, 0.1) is 0 Å². The molecule has 0 saturated heterocycles. The van der Waals surface area contributed by atoms with E-state index in [0.717, 1.165) is 0 Å². The van der Waals surface area contributed by atoms with E-state index >= 15 is 0 Å². The molecule has 0 aliphatic carbocycles. The van der Waals surface area contributed by atoms with Crippen molar-refractivity contribution in [1.82, 2.24) is 10.1 Å². The normalized spacial score (nSPS) is 11.6. The highest BCUT2D eigenvalue weighted by Gasteiger charge is 2.21. The molecule has 0 spiro atoms. The number of ether oxygens (including phenoxy) is 1. The van der Waals surface area contributed by atoms with E-state index in [1.165, 1.54) is 12.1 Å². The zero-order chi connectivity index (χ0) is 15.6. The van der Waals surface area contributed by atoms with Crippen molar-refractivity contribution in [2.45, 2.75) is 24.8 Å². The molecular weight excluding hydrogens is 407 g/mol. The van der Waals surface area contributed by atoms with Crippen LogP contribution in [-0.2, 0) is 22.1 Å². The van der Waals surface area contributed by atoms with Crippen molar-refractivity contribution in [3.63, 3.8) is 0 Å². The minimum atomic E-state index is -4.01. The van der Waals surface area contributed by atoms with Crippen molar-refractivity contribution in [3.05, 3.63) is 33.3 Å². The molecule has 10 heteroatoms. The first-order valence-electron chi connectivity index (χ1n) is 5.69. The topological polar surface area (TPSA) is 82.3 Å². The zero-order valence-electron chi connectivity index (χ0n) is 10.6. The van der Waals surface area contributed by atoms with Crippen LogP contribution in [-0.4, -0.2) is 18.6 Å². The number of hydrogen-bond acceptors (Lipinski definition) is 6. The molecule has 0 saturated carbocycles. The lowest BCUT2D eigenvalue weighted by Gasteiger charge is -2.10. The Bertz CT molecular complexity index is 764. The molecule has 114 valence electrons. The van der Waals surface area contributed by atoms with Crippen LogP contribution < -0.4 is 4.74 Å². The lowest BCUT2D eigenvalue weighted by atomic mass is 10.3. The van der Waals surface area contributed by atoms with Gasteiger partial charge in [0.25, 0.3) is 9.05 Å². The van der Waals surface area contributed by atoms with E-state index in [-0.39, 0.29) is 28.1 Å². The highest BCUT2D eigenvalue weighted by molar-refractivity contribution is 9.10. The molecular formula is C11H9BrCl2N2O4S. The van der Waals surface area contributed by atoms with Gasteiger partial charge in [-0.25, -0.2) is 8.42 Å². The van der Waals surface area contributed by atoms with E-state index in [2.05, 4.69) is 26.1 Å². The summed E-state index contributed by atoms with van der Waals surface area (Å²) < 4.78 is 33.9. The third kappa shape index (κ3) is 4.09. The Morgan fingerprint density at radius 1 is 1.43 bits per heavy atom. The van der Waals surface area contributed by atoms with Crippen molar-refractivity contribution in [2.75, 3.05) is 0 Å². The Hall–Kier alpha value is -0.830. The molecule has 1 aromatic carbocycles. The van der Waals surface area contributed by atoms with E-state index in [9.17, 15) is 8.42 Å². The average molecular weight is 416 g/mol. The number of aromatic nitrogens is 2. The van der Waals surface area contributed by atoms with Crippen LogP contribution in [0.1, 0.15) is 18.6 Å². The first-order valence-corrected chi connectivity index (χ1v) is 9.17. The first-order chi connectivity index (χ1) is 9.81. The molecule has 0 aliphatic rings. The second kappa shape index (κ2) is 6.51. The molecule has 0 unspecified atom stereocenters. The van der Waals surface area contributed by atoms with Gasteiger partial charge in [-0.2, -0.15) is 4.98 Å². The maximum absolute atomic E-state index is 11.6. The number of benzene rings is 1. The lowest BCUT2D eigenvalue weighted by Crippen LogP contribution is -2.03. The fourth-order valence-corrected chi connectivity index (χ4v) is 3.56. The van der Waals surface area contributed by atoms with Crippen molar-refractivity contribution in [1.29, 1.82) is 0 Å². The van der Waals surface area contributed by atoms with Gasteiger partial charge in [-0.1, -0.05) is 39.6 Å². The molecule has 0 N–H and O–H groups in total. The third-order valence-corrected chi connectivity index (χ3v) is 4.46. The van der Waals surface area contributed by atoms with E-state index in [1.54, 1.807) is 0 Å². The number of nitrogens with zero attached hydrogens (tertiary/aromatic N) is 2. The summed E-state index contributed by atoms with van der Waals surface area (Å²) in [4.78, 5) is 3.81. The predicted molar refractivity (Wildman–Crippen MR) is 80.2 cm³/mol. The summed E-state index contributed by atoms with van der Waals surface area (Å²) in [6.45, 7) is 1.77. The highest BCUT2D eigenvalue weighted by atomic mass is 79.9. The summed E-state index contributed by atoms with van der Waals surface area (Å²) in [5.74, 6) is 0.683. The lowest BCUT2D eigenvalue weighted by molar-refractivity contribution is 0.279. The third-order valence-electron chi connectivity index (χ3n) is 2.40. The Labute approximate surface area is 138 Å². The minimum absolute atomic E-state index is 0.0577. The molecule has 0 bridgehead atoms. The number of aryl methyl sites for hydroxylation is 1. The minimum Gasteiger partial charge on any atom is -0.482 e. The second-order valence-electron chi connectivity index (χ2n) is 3.90. The van der Waals surface area contributed by atoms with Crippen molar-refractivity contribution in [2.24, 2.45) is 0 Å². The maximum atomic E-state index is 11.6. The van der Waals surface area contributed by atoms with Gasteiger partial charge in [0, 0.05) is 21.6 Å². The van der Waals surface area contributed by atoms with Crippen LogP contribution >= 0.6 is 38.2 Å². The molecule has 1 heterocycles. The number of hydrogen-bond donors (Lipinski definition) is 0. The maximum Gasteiger partial charge on any atom is 0.265 e. The fourth-order valence-electron chi connectivity index (χ4n) is 1.49. The second-order valence-corrected chi connectivity index (χ2v) is 7.76. The molecule has 2 aromatic rings. The largest absolute Gasteiger partial charge is 0.482 e. The first kappa shape index (κ1) is 16.5. The molecule has 0 fully saturated rings. The van der Waals surface area contributed by atoms with Gasteiger partial charge in [-0.05, 0) is 12.1 Å². The summed E-state index contributed by atoms with van der Waals surface area (Å²) in [7, 11) is 1.37. The monoisotopic (exact) mass is 414 g/mol. The summed E-state index contributed by atoms with van der Waals surface area (Å²) in [6, 6.07) is 2.80. The summed E-state index contributed by atoms with van der Waals surface area (Å²) in [5, 5.41) is 3.80. The molecule has 6 nitrogen and oxygen atoms in total.